The van der Waals surface area contributed by atoms with Crippen molar-refractivity contribution < 1.29 is 0 Å². The summed E-state index contributed by atoms with van der Waals surface area (Å²) in [4.78, 5) is 2.67. The van der Waals surface area contributed by atoms with Gasteiger partial charge in [-0.1, -0.05) is 15.9 Å². The molecule has 1 nitrogen and oxygen atoms in total. The lowest BCUT2D eigenvalue weighted by atomic mass is 10.1. The smallest absolute Gasteiger partial charge is 0.00344 e. The molecule has 1 aliphatic carbocycles. The van der Waals surface area contributed by atoms with Crippen LogP contribution in [0.4, 0.5) is 0 Å². The fourth-order valence-electron chi connectivity index (χ4n) is 2.13. The Balaban J connectivity index is 1.66. The van der Waals surface area contributed by atoms with Crippen molar-refractivity contribution in [3.8, 4) is 0 Å². The van der Waals surface area contributed by atoms with Gasteiger partial charge in [-0.05, 0) is 44.1 Å². The van der Waals surface area contributed by atoms with E-state index in [2.05, 4.69) is 20.8 Å². The summed E-state index contributed by atoms with van der Waals surface area (Å²) < 4.78 is 0. The third-order valence-electron chi connectivity index (χ3n) is 3.10. The molecule has 0 aromatic carbocycles. The predicted molar refractivity (Wildman–Crippen MR) is 55.7 cm³/mol. The number of likely N-dealkylation sites (tertiary alicyclic amines) is 1. The molecule has 1 heterocycles. The lowest BCUT2D eigenvalue weighted by Gasteiger charge is -2.14. The maximum absolute atomic E-state index is 3.52. The predicted octanol–water partition coefficient (Wildman–Crippen LogP) is 2.50. The maximum Gasteiger partial charge on any atom is 0.00344 e. The van der Waals surface area contributed by atoms with Crippen molar-refractivity contribution >= 4 is 15.9 Å². The van der Waals surface area contributed by atoms with Crippen molar-refractivity contribution in [3.63, 3.8) is 0 Å². The van der Waals surface area contributed by atoms with E-state index in [-0.39, 0.29) is 0 Å². The molecule has 2 fully saturated rings. The highest BCUT2D eigenvalue weighted by atomic mass is 79.9. The Hall–Kier alpha value is 0.440. The molecule has 2 heteroatoms. The molecule has 1 saturated carbocycles. The molecule has 1 aliphatic heterocycles. The van der Waals surface area contributed by atoms with E-state index in [0.29, 0.717) is 0 Å². The topological polar surface area (TPSA) is 3.24 Å². The van der Waals surface area contributed by atoms with E-state index in [1.165, 1.54) is 50.6 Å². The van der Waals surface area contributed by atoms with Crippen LogP contribution in [0.25, 0.3) is 0 Å². The Labute approximate surface area is 83.6 Å². The standard InChI is InChI=1S/C10H18BrN/c11-5-3-10-4-6-12(8-10)7-9-1-2-9/h9-10H,1-8H2. The number of rotatable bonds is 4. The average molecular weight is 232 g/mol. The largest absolute Gasteiger partial charge is 0.303 e. The van der Waals surface area contributed by atoms with E-state index in [4.69, 9.17) is 0 Å². The first-order valence-corrected chi connectivity index (χ1v) is 6.29. The number of alkyl halides is 1. The van der Waals surface area contributed by atoms with Gasteiger partial charge in [0.15, 0.2) is 0 Å². The highest BCUT2D eigenvalue weighted by molar-refractivity contribution is 9.09. The summed E-state index contributed by atoms with van der Waals surface area (Å²) in [6.07, 6.45) is 5.82. The molecule has 0 amide bonds. The van der Waals surface area contributed by atoms with Gasteiger partial charge in [0.2, 0.25) is 0 Å². The molecule has 0 aromatic heterocycles. The monoisotopic (exact) mass is 231 g/mol. The van der Waals surface area contributed by atoms with Crippen LogP contribution < -0.4 is 0 Å². The zero-order valence-electron chi connectivity index (χ0n) is 7.64. The fourth-order valence-corrected chi connectivity index (χ4v) is 2.78. The quantitative estimate of drug-likeness (QED) is 0.673. The molecular formula is C10H18BrN. The first-order chi connectivity index (χ1) is 5.88. The Morgan fingerprint density at radius 2 is 2.00 bits per heavy atom. The van der Waals surface area contributed by atoms with Crippen molar-refractivity contribution in [3.05, 3.63) is 0 Å². The zero-order valence-corrected chi connectivity index (χ0v) is 9.22. The Bertz CT molecular complexity index is 145. The van der Waals surface area contributed by atoms with E-state index < -0.39 is 0 Å². The second-order valence-electron chi connectivity index (χ2n) is 4.34. The van der Waals surface area contributed by atoms with Gasteiger partial charge < -0.3 is 4.90 Å². The summed E-state index contributed by atoms with van der Waals surface area (Å²) in [5.74, 6) is 2.07. The summed E-state index contributed by atoms with van der Waals surface area (Å²) in [5.41, 5.74) is 0. The van der Waals surface area contributed by atoms with Gasteiger partial charge in [-0.25, -0.2) is 0 Å². The molecule has 0 aromatic rings. The molecule has 12 heavy (non-hydrogen) atoms. The van der Waals surface area contributed by atoms with Crippen LogP contribution in [-0.4, -0.2) is 29.9 Å². The zero-order chi connectivity index (χ0) is 8.39. The van der Waals surface area contributed by atoms with Gasteiger partial charge in [0, 0.05) is 18.4 Å². The summed E-state index contributed by atoms with van der Waals surface area (Å²) in [6, 6.07) is 0. The average Bonchev–Trinajstić information content (AvgIpc) is 2.74. The van der Waals surface area contributed by atoms with Gasteiger partial charge in [0.1, 0.15) is 0 Å². The minimum atomic E-state index is 0.989. The molecule has 1 atom stereocenters. The fraction of sp³-hybridized carbons (Fsp3) is 1.00. The molecule has 0 radical (unpaired) electrons. The SMILES string of the molecule is BrCCC1CCN(CC2CC2)C1. The molecule has 1 saturated heterocycles. The number of hydrogen-bond acceptors (Lipinski definition) is 1. The third kappa shape index (κ3) is 2.46. The van der Waals surface area contributed by atoms with Crippen LogP contribution in [0, 0.1) is 11.8 Å². The molecule has 2 rings (SSSR count). The molecule has 0 bridgehead atoms. The molecule has 0 N–H and O–H groups in total. The van der Waals surface area contributed by atoms with E-state index in [9.17, 15) is 0 Å². The van der Waals surface area contributed by atoms with E-state index in [1.54, 1.807) is 0 Å². The Morgan fingerprint density at radius 3 is 2.67 bits per heavy atom. The van der Waals surface area contributed by atoms with Crippen LogP contribution in [-0.2, 0) is 0 Å². The summed E-state index contributed by atoms with van der Waals surface area (Å²) in [6.45, 7) is 4.15. The highest BCUT2D eigenvalue weighted by Crippen LogP contribution is 2.32. The number of nitrogens with zero attached hydrogens (tertiary/aromatic N) is 1. The second kappa shape index (κ2) is 4.10. The highest BCUT2D eigenvalue weighted by Gasteiger charge is 2.28. The molecule has 70 valence electrons. The number of hydrogen-bond donors (Lipinski definition) is 0. The lowest BCUT2D eigenvalue weighted by molar-refractivity contribution is 0.310. The first-order valence-electron chi connectivity index (χ1n) is 5.17. The van der Waals surface area contributed by atoms with Gasteiger partial charge in [-0.2, -0.15) is 0 Å². The third-order valence-corrected chi connectivity index (χ3v) is 3.56. The molecule has 1 unspecified atom stereocenters. The Kier molecular flexibility index (Phi) is 3.08. The van der Waals surface area contributed by atoms with Gasteiger partial charge in [-0.15, -0.1) is 0 Å². The minimum absolute atomic E-state index is 0.989. The van der Waals surface area contributed by atoms with Crippen LogP contribution in [0.1, 0.15) is 25.7 Å². The second-order valence-corrected chi connectivity index (χ2v) is 5.13. The van der Waals surface area contributed by atoms with Crippen LogP contribution in [0.2, 0.25) is 0 Å². The van der Waals surface area contributed by atoms with E-state index >= 15 is 0 Å². The van der Waals surface area contributed by atoms with Crippen molar-refractivity contribution in [1.29, 1.82) is 0 Å². The van der Waals surface area contributed by atoms with Crippen molar-refractivity contribution in [2.45, 2.75) is 25.7 Å². The minimum Gasteiger partial charge on any atom is -0.303 e. The van der Waals surface area contributed by atoms with Crippen LogP contribution >= 0.6 is 15.9 Å². The van der Waals surface area contributed by atoms with Gasteiger partial charge >= 0.3 is 0 Å². The Morgan fingerprint density at radius 1 is 1.17 bits per heavy atom. The summed E-state index contributed by atoms with van der Waals surface area (Å²) >= 11 is 3.52. The van der Waals surface area contributed by atoms with Crippen molar-refractivity contribution in [1.82, 2.24) is 4.90 Å². The molecular weight excluding hydrogens is 214 g/mol. The van der Waals surface area contributed by atoms with Crippen LogP contribution in [0.15, 0.2) is 0 Å². The molecule has 0 spiro atoms. The lowest BCUT2D eigenvalue weighted by Crippen LogP contribution is -2.23. The van der Waals surface area contributed by atoms with Gasteiger partial charge in [0.25, 0.3) is 0 Å². The van der Waals surface area contributed by atoms with Gasteiger partial charge in [0.05, 0.1) is 0 Å². The summed E-state index contributed by atoms with van der Waals surface area (Å²) in [7, 11) is 0. The van der Waals surface area contributed by atoms with E-state index in [0.717, 1.165) is 11.8 Å². The van der Waals surface area contributed by atoms with Gasteiger partial charge in [-0.3, -0.25) is 0 Å². The van der Waals surface area contributed by atoms with Crippen LogP contribution in [0.5, 0.6) is 0 Å². The van der Waals surface area contributed by atoms with Crippen molar-refractivity contribution in [2.24, 2.45) is 11.8 Å². The summed E-state index contributed by atoms with van der Waals surface area (Å²) in [5, 5.41) is 1.19. The normalized spacial score (nSPS) is 31.2. The first kappa shape index (κ1) is 9.01. The number of halogens is 1. The maximum atomic E-state index is 3.52. The van der Waals surface area contributed by atoms with E-state index in [1.807, 2.05) is 0 Å². The van der Waals surface area contributed by atoms with Crippen molar-refractivity contribution in [2.75, 3.05) is 25.0 Å². The van der Waals surface area contributed by atoms with Crippen LogP contribution in [0.3, 0.4) is 0 Å². The molecule has 2 aliphatic rings.